The highest BCUT2D eigenvalue weighted by atomic mass is 16.5. The maximum absolute atomic E-state index is 13.2. The Hall–Kier alpha value is -2.14. The summed E-state index contributed by atoms with van der Waals surface area (Å²) >= 11 is 0. The molecule has 2 fully saturated rings. The standard InChI is InChI=1S/C19H23N3O2/c1-13-11-16(14(2)22(13)15-5-4-8-20-12-15)19(23)21-9-10-24-18-7-3-6-17(18)21/h4-5,8,11-12,17-18H,3,6-7,9-10H2,1-2H3/t17-,18-/m1/s1. The third-order valence-corrected chi connectivity index (χ3v) is 5.31. The molecule has 1 aliphatic heterocycles. The largest absolute Gasteiger partial charge is 0.374 e. The van der Waals surface area contributed by atoms with E-state index in [0.717, 1.165) is 41.9 Å². The van der Waals surface area contributed by atoms with Crippen LogP contribution in [0.3, 0.4) is 0 Å². The highest BCUT2D eigenvalue weighted by Crippen LogP contribution is 2.31. The van der Waals surface area contributed by atoms with Crippen molar-refractivity contribution in [2.45, 2.75) is 45.3 Å². The number of aryl methyl sites for hydroxylation is 1. The van der Waals surface area contributed by atoms with Crippen molar-refractivity contribution in [3.63, 3.8) is 0 Å². The molecule has 2 aromatic heterocycles. The van der Waals surface area contributed by atoms with Gasteiger partial charge in [-0.15, -0.1) is 0 Å². The van der Waals surface area contributed by atoms with E-state index >= 15 is 0 Å². The Bertz CT molecular complexity index is 753. The lowest BCUT2D eigenvalue weighted by molar-refractivity contribution is -0.0445. The first-order chi connectivity index (χ1) is 11.7. The van der Waals surface area contributed by atoms with Crippen LogP contribution in [0.2, 0.25) is 0 Å². The van der Waals surface area contributed by atoms with Crippen molar-refractivity contribution in [1.82, 2.24) is 14.5 Å². The van der Waals surface area contributed by atoms with E-state index in [1.165, 1.54) is 0 Å². The molecule has 1 amide bonds. The van der Waals surface area contributed by atoms with Gasteiger partial charge in [-0.05, 0) is 51.3 Å². The number of morpholine rings is 1. The Balaban J connectivity index is 1.68. The van der Waals surface area contributed by atoms with E-state index in [9.17, 15) is 4.79 Å². The fraction of sp³-hybridized carbons (Fsp3) is 0.474. The van der Waals surface area contributed by atoms with E-state index in [1.807, 2.05) is 43.1 Å². The summed E-state index contributed by atoms with van der Waals surface area (Å²) in [5.41, 5.74) is 3.82. The molecule has 126 valence electrons. The molecule has 0 bridgehead atoms. The average Bonchev–Trinajstić information content (AvgIpc) is 3.19. The van der Waals surface area contributed by atoms with Crippen molar-refractivity contribution in [2.24, 2.45) is 0 Å². The van der Waals surface area contributed by atoms with E-state index in [0.29, 0.717) is 13.2 Å². The summed E-state index contributed by atoms with van der Waals surface area (Å²) in [5.74, 6) is 0.137. The highest BCUT2D eigenvalue weighted by molar-refractivity contribution is 5.96. The first-order valence-electron chi connectivity index (χ1n) is 8.68. The van der Waals surface area contributed by atoms with E-state index in [4.69, 9.17) is 4.74 Å². The van der Waals surface area contributed by atoms with Gasteiger partial charge in [-0.1, -0.05) is 0 Å². The minimum absolute atomic E-state index is 0.137. The lowest BCUT2D eigenvalue weighted by Crippen LogP contribution is -2.51. The van der Waals surface area contributed by atoms with E-state index in [-0.39, 0.29) is 18.1 Å². The number of pyridine rings is 1. The zero-order valence-corrected chi connectivity index (χ0v) is 14.2. The Morgan fingerprint density at radius 1 is 1.33 bits per heavy atom. The fourth-order valence-electron chi connectivity index (χ4n) is 4.20. The number of carbonyl (C=O) groups is 1. The minimum Gasteiger partial charge on any atom is -0.374 e. The third kappa shape index (κ3) is 2.44. The molecule has 5 nitrogen and oxygen atoms in total. The molecule has 0 N–H and O–H groups in total. The van der Waals surface area contributed by atoms with Gasteiger partial charge in [-0.3, -0.25) is 9.78 Å². The first-order valence-corrected chi connectivity index (χ1v) is 8.68. The van der Waals surface area contributed by atoms with E-state index in [1.54, 1.807) is 6.20 Å². The molecule has 0 unspecified atom stereocenters. The molecule has 1 saturated heterocycles. The van der Waals surface area contributed by atoms with Crippen molar-refractivity contribution in [1.29, 1.82) is 0 Å². The molecule has 2 atom stereocenters. The SMILES string of the molecule is Cc1cc(C(=O)N2CCO[C@@H]3CCC[C@H]32)c(C)n1-c1cccnc1. The van der Waals surface area contributed by atoms with Gasteiger partial charge in [0.05, 0.1) is 36.2 Å². The van der Waals surface area contributed by atoms with Crippen LogP contribution in [0.25, 0.3) is 5.69 Å². The first kappa shape index (κ1) is 15.4. The monoisotopic (exact) mass is 325 g/mol. The van der Waals surface area contributed by atoms with Gasteiger partial charge < -0.3 is 14.2 Å². The van der Waals surface area contributed by atoms with Crippen molar-refractivity contribution in [3.05, 3.63) is 47.5 Å². The number of rotatable bonds is 2. The Kier molecular flexibility index (Phi) is 3.88. The number of hydrogen-bond acceptors (Lipinski definition) is 3. The maximum Gasteiger partial charge on any atom is 0.256 e. The van der Waals surface area contributed by atoms with Gasteiger partial charge >= 0.3 is 0 Å². The molecular formula is C19H23N3O2. The average molecular weight is 325 g/mol. The summed E-state index contributed by atoms with van der Waals surface area (Å²) in [4.78, 5) is 19.4. The predicted molar refractivity (Wildman–Crippen MR) is 91.5 cm³/mol. The lowest BCUT2D eigenvalue weighted by Gasteiger charge is -2.37. The number of nitrogens with zero attached hydrogens (tertiary/aromatic N) is 3. The highest BCUT2D eigenvalue weighted by Gasteiger charge is 2.39. The normalized spacial score (nSPS) is 23.3. The van der Waals surface area contributed by atoms with Crippen LogP contribution >= 0.6 is 0 Å². The van der Waals surface area contributed by atoms with Gasteiger partial charge in [-0.2, -0.15) is 0 Å². The number of aromatic nitrogens is 2. The van der Waals surface area contributed by atoms with E-state index < -0.39 is 0 Å². The summed E-state index contributed by atoms with van der Waals surface area (Å²) in [6.45, 7) is 5.39. The molecule has 1 saturated carbocycles. The molecule has 4 rings (SSSR count). The molecule has 2 aliphatic rings. The van der Waals surface area contributed by atoms with Crippen LogP contribution in [-0.2, 0) is 4.74 Å². The van der Waals surface area contributed by atoms with Crippen LogP contribution in [0.5, 0.6) is 0 Å². The smallest absolute Gasteiger partial charge is 0.256 e. The zero-order chi connectivity index (χ0) is 16.7. The minimum atomic E-state index is 0.137. The second kappa shape index (κ2) is 6.06. The number of fused-ring (bicyclic) bond motifs is 1. The summed E-state index contributed by atoms with van der Waals surface area (Å²) in [5, 5.41) is 0. The maximum atomic E-state index is 13.2. The van der Waals surface area contributed by atoms with Crippen LogP contribution in [0.15, 0.2) is 30.6 Å². The zero-order valence-electron chi connectivity index (χ0n) is 14.2. The Morgan fingerprint density at radius 2 is 2.21 bits per heavy atom. The van der Waals surface area contributed by atoms with Gasteiger partial charge in [0, 0.05) is 24.1 Å². The topological polar surface area (TPSA) is 47.4 Å². The summed E-state index contributed by atoms with van der Waals surface area (Å²) in [6.07, 6.45) is 7.09. The van der Waals surface area contributed by atoms with Crippen molar-refractivity contribution < 1.29 is 9.53 Å². The molecule has 0 spiro atoms. The Morgan fingerprint density at radius 3 is 3.00 bits per heavy atom. The van der Waals surface area contributed by atoms with Gasteiger partial charge in [0.25, 0.3) is 5.91 Å². The number of ether oxygens (including phenoxy) is 1. The predicted octanol–water partition coefficient (Wildman–Crippen LogP) is 2.88. The summed E-state index contributed by atoms with van der Waals surface area (Å²) < 4.78 is 7.94. The molecule has 0 aromatic carbocycles. The molecule has 2 aromatic rings. The molecule has 5 heteroatoms. The van der Waals surface area contributed by atoms with Gasteiger partial charge in [0.1, 0.15) is 0 Å². The molecular weight excluding hydrogens is 302 g/mol. The fourth-order valence-corrected chi connectivity index (χ4v) is 4.20. The van der Waals surface area contributed by atoms with Crippen molar-refractivity contribution in [3.8, 4) is 5.69 Å². The molecule has 1 aliphatic carbocycles. The van der Waals surface area contributed by atoms with Crippen LogP contribution in [0, 0.1) is 13.8 Å². The number of hydrogen-bond donors (Lipinski definition) is 0. The van der Waals surface area contributed by atoms with Gasteiger partial charge in [0.15, 0.2) is 0 Å². The number of carbonyl (C=O) groups excluding carboxylic acids is 1. The number of amides is 1. The summed E-state index contributed by atoms with van der Waals surface area (Å²) in [6, 6.07) is 6.18. The van der Waals surface area contributed by atoms with Gasteiger partial charge in [0.2, 0.25) is 0 Å². The molecule has 3 heterocycles. The third-order valence-electron chi connectivity index (χ3n) is 5.31. The van der Waals surface area contributed by atoms with Gasteiger partial charge in [-0.25, -0.2) is 0 Å². The quantitative estimate of drug-likeness (QED) is 0.853. The van der Waals surface area contributed by atoms with Crippen LogP contribution in [0.4, 0.5) is 0 Å². The summed E-state index contributed by atoms with van der Waals surface area (Å²) in [7, 11) is 0. The van der Waals surface area contributed by atoms with Crippen molar-refractivity contribution >= 4 is 5.91 Å². The Labute approximate surface area is 142 Å². The molecule has 24 heavy (non-hydrogen) atoms. The second-order valence-corrected chi connectivity index (χ2v) is 6.74. The van der Waals surface area contributed by atoms with E-state index in [2.05, 4.69) is 9.55 Å². The van der Waals surface area contributed by atoms with Crippen LogP contribution in [0.1, 0.15) is 41.0 Å². The molecule has 0 radical (unpaired) electrons. The lowest BCUT2D eigenvalue weighted by atomic mass is 10.1. The second-order valence-electron chi connectivity index (χ2n) is 6.74. The van der Waals surface area contributed by atoms with Crippen molar-refractivity contribution in [2.75, 3.05) is 13.2 Å². The van der Waals surface area contributed by atoms with Crippen LogP contribution < -0.4 is 0 Å². The van der Waals surface area contributed by atoms with Crippen LogP contribution in [-0.4, -0.2) is 45.7 Å².